The summed E-state index contributed by atoms with van der Waals surface area (Å²) >= 11 is 5.89. The number of benzene rings is 1. The van der Waals surface area contributed by atoms with Gasteiger partial charge in [0, 0.05) is 34.4 Å². The zero-order chi connectivity index (χ0) is 16.2. The number of aryl methyl sites for hydroxylation is 1. The molecule has 0 spiro atoms. The Labute approximate surface area is 131 Å². The molecule has 1 aromatic rings. The summed E-state index contributed by atoms with van der Waals surface area (Å²) < 4.78 is 34.1. The van der Waals surface area contributed by atoms with Crippen LogP contribution in [0.15, 0.2) is 17.0 Å². The van der Waals surface area contributed by atoms with E-state index in [9.17, 15) is 17.4 Å². The van der Waals surface area contributed by atoms with E-state index >= 15 is 0 Å². The number of primary sulfonamides is 1. The highest BCUT2D eigenvalue weighted by Gasteiger charge is 2.18. The fraction of sp³-hybridized carbons (Fsp3) is 0.417. The third-order valence-electron chi connectivity index (χ3n) is 2.73. The van der Waals surface area contributed by atoms with E-state index in [2.05, 4.69) is 5.32 Å². The van der Waals surface area contributed by atoms with Gasteiger partial charge < -0.3 is 5.32 Å². The fourth-order valence-electron chi connectivity index (χ4n) is 1.60. The Bertz CT molecular complexity index is 674. The van der Waals surface area contributed by atoms with Crippen LogP contribution in [-0.4, -0.2) is 36.6 Å². The molecule has 0 heterocycles. The van der Waals surface area contributed by atoms with Gasteiger partial charge in [0.05, 0.1) is 5.02 Å². The Morgan fingerprint density at radius 1 is 1.43 bits per heavy atom. The number of nitrogens with two attached hydrogens (primary N) is 1. The van der Waals surface area contributed by atoms with E-state index in [4.69, 9.17) is 16.7 Å². The molecule has 118 valence electrons. The van der Waals surface area contributed by atoms with Crippen molar-refractivity contribution < 1.29 is 17.4 Å². The predicted molar refractivity (Wildman–Crippen MR) is 83.4 cm³/mol. The number of halogens is 1. The van der Waals surface area contributed by atoms with Gasteiger partial charge in [0.25, 0.3) is 5.91 Å². The van der Waals surface area contributed by atoms with Gasteiger partial charge in [-0.15, -0.1) is 0 Å². The average molecular weight is 353 g/mol. The molecule has 0 aromatic heterocycles. The number of amides is 1. The number of hydrogen-bond acceptors (Lipinski definition) is 4. The van der Waals surface area contributed by atoms with Crippen LogP contribution in [-0.2, 0) is 20.8 Å². The van der Waals surface area contributed by atoms with Crippen molar-refractivity contribution in [2.45, 2.75) is 18.7 Å². The van der Waals surface area contributed by atoms with Crippen LogP contribution in [0.3, 0.4) is 0 Å². The van der Waals surface area contributed by atoms with Crippen LogP contribution < -0.4 is 10.5 Å². The van der Waals surface area contributed by atoms with Crippen LogP contribution in [0.1, 0.15) is 22.8 Å². The van der Waals surface area contributed by atoms with Crippen LogP contribution in [0.4, 0.5) is 0 Å². The van der Waals surface area contributed by atoms with E-state index in [0.29, 0.717) is 17.1 Å². The normalized spacial score (nSPS) is 13.0. The highest BCUT2D eigenvalue weighted by molar-refractivity contribution is 7.89. The standard InChI is InChI=1S/C12H17ClN2O4S2/c1-3-20(17)5-4-15-12(16)9-6-8(2)11(13)10(7-9)21(14,18)19/h6-7H,3-5H2,1-2H3,(H,15,16)(H2,14,18,19). The summed E-state index contributed by atoms with van der Waals surface area (Å²) in [6.07, 6.45) is 0. The van der Waals surface area contributed by atoms with E-state index in [-0.39, 0.29) is 22.0 Å². The Hall–Kier alpha value is -0.960. The Balaban J connectivity index is 2.96. The summed E-state index contributed by atoms with van der Waals surface area (Å²) in [6, 6.07) is 2.61. The molecule has 21 heavy (non-hydrogen) atoms. The van der Waals surface area contributed by atoms with Gasteiger partial charge >= 0.3 is 0 Å². The van der Waals surface area contributed by atoms with Crippen molar-refractivity contribution >= 4 is 38.3 Å². The quantitative estimate of drug-likeness (QED) is 0.789. The van der Waals surface area contributed by atoms with Gasteiger partial charge in [-0.1, -0.05) is 18.5 Å². The second kappa shape index (κ2) is 7.35. The molecule has 0 fully saturated rings. The van der Waals surface area contributed by atoms with Crippen molar-refractivity contribution in [1.82, 2.24) is 5.32 Å². The van der Waals surface area contributed by atoms with Gasteiger partial charge in [-0.2, -0.15) is 0 Å². The number of hydrogen-bond donors (Lipinski definition) is 2. The minimum absolute atomic E-state index is 0.00105. The van der Waals surface area contributed by atoms with Crippen molar-refractivity contribution in [3.8, 4) is 0 Å². The molecule has 1 unspecified atom stereocenters. The second-order valence-electron chi connectivity index (χ2n) is 4.34. The summed E-state index contributed by atoms with van der Waals surface area (Å²) in [5.74, 6) is 0.398. The van der Waals surface area contributed by atoms with Crippen molar-refractivity contribution in [3.63, 3.8) is 0 Å². The number of sulfonamides is 1. The van der Waals surface area contributed by atoms with E-state index in [1.807, 2.05) is 0 Å². The maximum atomic E-state index is 12.0. The zero-order valence-corrected chi connectivity index (χ0v) is 14.1. The van der Waals surface area contributed by atoms with Crippen LogP contribution >= 0.6 is 11.6 Å². The smallest absolute Gasteiger partial charge is 0.251 e. The topological polar surface area (TPSA) is 106 Å². The SMILES string of the molecule is CCS(=O)CCNC(=O)c1cc(C)c(Cl)c(S(N)(=O)=O)c1. The third-order valence-corrected chi connectivity index (χ3v) is 5.58. The molecule has 1 atom stereocenters. The molecular weight excluding hydrogens is 336 g/mol. The lowest BCUT2D eigenvalue weighted by atomic mass is 10.1. The van der Waals surface area contributed by atoms with Crippen LogP contribution in [0, 0.1) is 6.92 Å². The first-order valence-corrected chi connectivity index (χ1v) is 9.54. The van der Waals surface area contributed by atoms with Crippen LogP contribution in [0.2, 0.25) is 5.02 Å². The van der Waals surface area contributed by atoms with Crippen molar-refractivity contribution in [3.05, 3.63) is 28.3 Å². The van der Waals surface area contributed by atoms with E-state index in [1.165, 1.54) is 6.07 Å². The van der Waals surface area contributed by atoms with Gasteiger partial charge in [0.2, 0.25) is 10.0 Å². The minimum atomic E-state index is -4.01. The summed E-state index contributed by atoms with van der Waals surface area (Å²) in [4.78, 5) is 11.7. The molecule has 0 aliphatic carbocycles. The lowest BCUT2D eigenvalue weighted by Crippen LogP contribution is -2.28. The molecule has 3 N–H and O–H groups in total. The fourth-order valence-corrected chi connectivity index (χ4v) is 3.35. The Kier molecular flexibility index (Phi) is 6.33. The summed E-state index contributed by atoms with van der Waals surface area (Å²) in [7, 11) is -4.99. The highest BCUT2D eigenvalue weighted by Crippen LogP contribution is 2.25. The van der Waals surface area contributed by atoms with Crippen molar-refractivity contribution in [2.24, 2.45) is 5.14 Å². The number of rotatable bonds is 6. The molecule has 0 saturated carbocycles. The zero-order valence-electron chi connectivity index (χ0n) is 11.7. The van der Waals surface area contributed by atoms with Crippen molar-refractivity contribution in [2.75, 3.05) is 18.1 Å². The molecule has 0 bridgehead atoms. The summed E-state index contributed by atoms with van der Waals surface area (Å²) in [5, 5.41) is 7.65. The molecule has 9 heteroatoms. The molecule has 0 aliphatic rings. The molecule has 0 radical (unpaired) electrons. The van der Waals surface area contributed by atoms with E-state index in [1.54, 1.807) is 13.8 Å². The van der Waals surface area contributed by atoms with E-state index in [0.717, 1.165) is 6.07 Å². The average Bonchev–Trinajstić information content (AvgIpc) is 2.39. The monoisotopic (exact) mass is 352 g/mol. The lowest BCUT2D eigenvalue weighted by molar-refractivity contribution is 0.0956. The first-order chi connectivity index (χ1) is 9.66. The summed E-state index contributed by atoms with van der Waals surface area (Å²) in [6.45, 7) is 3.62. The van der Waals surface area contributed by atoms with Crippen LogP contribution in [0.5, 0.6) is 0 Å². The highest BCUT2D eigenvalue weighted by atomic mass is 35.5. The van der Waals surface area contributed by atoms with Gasteiger partial charge in [0.15, 0.2) is 0 Å². The van der Waals surface area contributed by atoms with Gasteiger partial charge in [-0.05, 0) is 24.6 Å². The van der Waals surface area contributed by atoms with Gasteiger partial charge in [-0.25, -0.2) is 13.6 Å². The predicted octanol–water partition coefficient (Wildman–Crippen LogP) is 0.794. The molecule has 1 aromatic carbocycles. The number of nitrogens with one attached hydrogen (secondary N) is 1. The maximum absolute atomic E-state index is 12.0. The molecule has 0 aliphatic heterocycles. The molecule has 1 amide bonds. The van der Waals surface area contributed by atoms with Crippen LogP contribution in [0.25, 0.3) is 0 Å². The van der Waals surface area contributed by atoms with Gasteiger partial charge in [0.1, 0.15) is 4.90 Å². The number of carbonyl (C=O) groups excluding carboxylic acids is 1. The first kappa shape index (κ1) is 18.1. The lowest BCUT2D eigenvalue weighted by Gasteiger charge is -2.10. The first-order valence-electron chi connectivity index (χ1n) is 6.13. The largest absolute Gasteiger partial charge is 0.351 e. The second-order valence-corrected chi connectivity index (χ2v) is 8.11. The van der Waals surface area contributed by atoms with E-state index < -0.39 is 26.7 Å². The van der Waals surface area contributed by atoms with Crippen molar-refractivity contribution in [1.29, 1.82) is 0 Å². The molecule has 0 saturated heterocycles. The maximum Gasteiger partial charge on any atom is 0.251 e. The molecule has 1 rings (SSSR count). The molecule has 6 nitrogen and oxygen atoms in total. The minimum Gasteiger partial charge on any atom is -0.351 e. The third kappa shape index (κ3) is 5.06. The summed E-state index contributed by atoms with van der Waals surface area (Å²) in [5.41, 5.74) is 0.577. The molecular formula is C12H17ClN2O4S2. The Morgan fingerprint density at radius 3 is 2.57 bits per heavy atom. The number of carbonyl (C=O) groups is 1. The van der Waals surface area contributed by atoms with Gasteiger partial charge in [-0.3, -0.25) is 9.00 Å². The Morgan fingerprint density at radius 2 is 2.05 bits per heavy atom.